The standard InChI is InChI=1S/C16H9F9N4/c17-14(18,19)8-3-1-7(2-4-8)6-29-13(26)11-9(28-29)5-10(15(20,21)22)27-12(11)16(23,24)25/h1-5H,6,26H2. The van der Waals surface area contributed by atoms with Crippen molar-refractivity contribution in [3.05, 3.63) is 52.8 Å². The van der Waals surface area contributed by atoms with Crippen LogP contribution in [0.5, 0.6) is 0 Å². The van der Waals surface area contributed by atoms with Gasteiger partial charge in [-0.15, -0.1) is 0 Å². The fraction of sp³-hybridized carbons (Fsp3) is 0.250. The number of anilines is 1. The number of alkyl halides is 9. The smallest absolute Gasteiger partial charge is 0.383 e. The molecule has 0 radical (unpaired) electrons. The lowest BCUT2D eigenvalue weighted by atomic mass is 10.1. The molecule has 2 aromatic heterocycles. The quantitative estimate of drug-likeness (QED) is 0.577. The molecule has 0 amide bonds. The van der Waals surface area contributed by atoms with E-state index < -0.39 is 52.2 Å². The Balaban J connectivity index is 2.10. The molecule has 2 N–H and O–H groups in total. The van der Waals surface area contributed by atoms with Gasteiger partial charge >= 0.3 is 18.5 Å². The molecule has 3 rings (SSSR count). The summed E-state index contributed by atoms with van der Waals surface area (Å²) in [6.07, 6.45) is -15.0. The van der Waals surface area contributed by atoms with Gasteiger partial charge in [-0.2, -0.15) is 44.6 Å². The Morgan fingerprint density at radius 1 is 0.828 bits per heavy atom. The predicted octanol–water partition coefficient (Wildman–Crippen LogP) is 5.12. The second kappa shape index (κ2) is 6.52. The normalized spacial score (nSPS) is 13.3. The van der Waals surface area contributed by atoms with Crippen molar-refractivity contribution in [1.29, 1.82) is 0 Å². The molecule has 156 valence electrons. The zero-order valence-electron chi connectivity index (χ0n) is 13.9. The number of nitrogen functional groups attached to an aromatic ring is 1. The molecule has 0 fully saturated rings. The molecule has 0 aliphatic carbocycles. The minimum Gasteiger partial charge on any atom is -0.383 e. The molecule has 0 aliphatic heterocycles. The van der Waals surface area contributed by atoms with Gasteiger partial charge in [-0.25, -0.2) is 9.67 Å². The fourth-order valence-corrected chi connectivity index (χ4v) is 2.62. The summed E-state index contributed by atoms with van der Waals surface area (Å²) in [4.78, 5) is 2.65. The summed E-state index contributed by atoms with van der Waals surface area (Å²) in [5, 5.41) is 2.83. The molecule has 3 aromatic rings. The number of fused-ring (bicyclic) bond motifs is 1. The maximum absolute atomic E-state index is 13.2. The van der Waals surface area contributed by atoms with E-state index in [9.17, 15) is 39.5 Å². The molecule has 1 aromatic carbocycles. The molecule has 0 aliphatic rings. The van der Waals surface area contributed by atoms with Gasteiger partial charge in [0.2, 0.25) is 0 Å². The maximum Gasteiger partial charge on any atom is 0.434 e. The Morgan fingerprint density at radius 2 is 1.41 bits per heavy atom. The summed E-state index contributed by atoms with van der Waals surface area (Å²) in [7, 11) is 0. The minimum absolute atomic E-state index is 0.190. The number of benzene rings is 1. The largest absolute Gasteiger partial charge is 0.434 e. The highest BCUT2D eigenvalue weighted by Crippen LogP contribution is 2.39. The van der Waals surface area contributed by atoms with E-state index in [0.29, 0.717) is 6.07 Å². The van der Waals surface area contributed by atoms with Gasteiger partial charge < -0.3 is 5.73 Å². The molecule has 2 heterocycles. The third-order valence-corrected chi connectivity index (χ3v) is 3.93. The molecular weight excluding hydrogens is 419 g/mol. The molecule has 0 atom stereocenters. The summed E-state index contributed by atoms with van der Waals surface area (Å²) < 4.78 is 117. The SMILES string of the molecule is Nc1c2c(C(F)(F)F)nc(C(F)(F)F)cc2nn1Cc1ccc(C(F)(F)F)cc1. The number of aromatic nitrogens is 3. The van der Waals surface area contributed by atoms with Crippen LogP contribution in [-0.4, -0.2) is 14.8 Å². The van der Waals surface area contributed by atoms with Gasteiger partial charge in [0, 0.05) is 0 Å². The minimum atomic E-state index is -5.24. The summed E-state index contributed by atoms with van der Waals surface area (Å²) >= 11 is 0. The Labute approximate surface area is 155 Å². The van der Waals surface area contributed by atoms with E-state index in [1.54, 1.807) is 0 Å². The number of nitrogens with zero attached hydrogens (tertiary/aromatic N) is 3. The topological polar surface area (TPSA) is 56.7 Å². The van der Waals surface area contributed by atoms with Crippen molar-refractivity contribution in [2.75, 3.05) is 5.73 Å². The number of hydrogen-bond acceptors (Lipinski definition) is 3. The van der Waals surface area contributed by atoms with Crippen LogP contribution in [0.25, 0.3) is 10.9 Å². The van der Waals surface area contributed by atoms with Crippen LogP contribution in [0.1, 0.15) is 22.5 Å². The highest BCUT2D eigenvalue weighted by atomic mass is 19.4. The fourth-order valence-electron chi connectivity index (χ4n) is 2.62. The molecule has 0 spiro atoms. The monoisotopic (exact) mass is 428 g/mol. The zero-order valence-corrected chi connectivity index (χ0v) is 13.9. The van der Waals surface area contributed by atoms with Crippen LogP contribution in [0.3, 0.4) is 0 Å². The zero-order chi connectivity index (χ0) is 21.8. The van der Waals surface area contributed by atoms with Gasteiger partial charge in [0.25, 0.3) is 0 Å². The van der Waals surface area contributed by atoms with Crippen molar-refractivity contribution >= 4 is 16.7 Å². The lowest BCUT2D eigenvalue weighted by molar-refractivity contribution is -0.149. The van der Waals surface area contributed by atoms with E-state index in [0.717, 1.165) is 28.9 Å². The van der Waals surface area contributed by atoms with Crippen molar-refractivity contribution in [3.63, 3.8) is 0 Å². The van der Waals surface area contributed by atoms with E-state index in [1.165, 1.54) is 0 Å². The Bertz CT molecular complexity index is 1040. The van der Waals surface area contributed by atoms with Crippen molar-refractivity contribution < 1.29 is 39.5 Å². The summed E-state index contributed by atoms with van der Waals surface area (Å²) in [5.41, 5.74) is 0.551. The summed E-state index contributed by atoms with van der Waals surface area (Å²) in [6, 6.07) is 3.93. The van der Waals surface area contributed by atoms with Crippen LogP contribution in [-0.2, 0) is 25.1 Å². The second-order valence-corrected chi connectivity index (χ2v) is 5.98. The number of rotatable bonds is 2. The highest BCUT2D eigenvalue weighted by molar-refractivity contribution is 5.92. The molecule has 13 heteroatoms. The van der Waals surface area contributed by atoms with Crippen LogP contribution < -0.4 is 5.73 Å². The van der Waals surface area contributed by atoms with E-state index >= 15 is 0 Å². The predicted molar refractivity (Wildman–Crippen MR) is 82.5 cm³/mol. The van der Waals surface area contributed by atoms with Gasteiger partial charge in [-0.05, 0) is 23.8 Å². The number of halogens is 9. The second-order valence-electron chi connectivity index (χ2n) is 5.98. The molecule has 4 nitrogen and oxygen atoms in total. The van der Waals surface area contributed by atoms with Gasteiger partial charge in [0.15, 0.2) is 5.69 Å². The molecule has 0 unspecified atom stereocenters. The van der Waals surface area contributed by atoms with Crippen molar-refractivity contribution in [2.45, 2.75) is 25.1 Å². The Hall–Kier alpha value is -2.99. The van der Waals surface area contributed by atoms with Crippen molar-refractivity contribution in [1.82, 2.24) is 14.8 Å². The maximum atomic E-state index is 13.2. The van der Waals surface area contributed by atoms with E-state index in [-0.39, 0.29) is 12.1 Å². The van der Waals surface area contributed by atoms with Crippen LogP contribution in [0.2, 0.25) is 0 Å². The van der Waals surface area contributed by atoms with Crippen molar-refractivity contribution in [2.24, 2.45) is 0 Å². The lowest BCUT2D eigenvalue weighted by Crippen LogP contribution is -2.15. The van der Waals surface area contributed by atoms with Crippen LogP contribution >= 0.6 is 0 Å². The summed E-state index contributed by atoms with van der Waals surface area (Å²) in [5.74, 6) is -0.617. The van der Waals surface area contributed by atoms with Crippen molar-refractivity contribution in [3.8, 4) is 0 Å². The molecule has 29 heavy (non-hydrogen) atoms. The van der Waals surface area contributed by atoms with Gasteiger partial charge in [-0.1, -0.05) is 12.1 Å². The number of pyridine rings is 1. The number of hydrogen-bond donors (Lipinski definition) is 1. The average Bonchev–Trinajstić information content (AvgIpc) is 2.88. The van der Waals surface area contributed by atoms with E-state index in [1.807, 2.05) is 0 Å². The Morgan fingerprint density at radius 3 is 1.90 bits per heavy atom. The number of nitrogens with two attached hydrogens (primary N) is 1. The summed E-state index contributed by atoms with van der Waals surface area (Å²) in [6.45, 7) is -0.364. The molecular formula is C16H9F9N4. The first-order chi connectivity index (χ1) is 13.2. The first-order valence-electron chi connectivity index (χ1n) is 7.65. The van der Waals surface area contributed by atoms with Gasteiger partial charge in [0.1, 0.15) is 11.5 Å². The van der Waals surface area contributed by atoms with E-state index in [4.69, 9.17) is 5.73 Å². The average molecular weight is 428 g/mol. The Kier molecular flexibility index (Phi) is 4.67. The lowest BCUT2D eigenvalue weighted by Gasteiger charge is -2.11. The first-order valence-corrected chi connectivity index (χ1v) is 7.65. The third kappa shape index (κ3) is 4.07. The van der Waals surface area contributed by atoms with Crippen LogP contribution in [0, 0.1) is 0 Å². The third-order valence-electron chi connectivity index (χ3n) is 3.93. The van der Waals surface area contributed by atoms with Crippen LogP contribution in [0.4, 0.5) is 45.3 Å². The molecule has 0 bridgehead atoms. The van der Waals surface area contributed by atoms with E-state index in [2.05, 4.69) is 10.1 Å². The van der Waals surface area contributed by atoms with Gasteiger partial charge in [-0.3, -0.25) is 0 Å². The first kappa shape index (κ1) is 20.7. The highest BCUT2D eigenvalue weighted by Gasteiger charge is 2.41. The van der Waals surface area contributed by atoms with Crippen LogP contribution in [0.15, 0.2) is 30.3 Å². The molecule has 0 saturated heterocycles. The van der Waals surface area contributed by atoms with Gasteiger partial charge in [0.05, 0.1) is 23.0 Å². The molecule has 0 saturated carbocycles.